The van der Waals surface area contributed by atoms with Crippen molar-refractivity contribution in [1.29, 1.82) is 0 Å². The third kappa shape index (κ3) is 11.2. The van der Waals surface area contributed by atoms with Gasteiger partial charge in [0.05, 0.1) is 49.5 Å². The molecule has 2 aliphatic heterocycles. The molecule has 0 aliphatic carbocycles. The van der Waals surface area contributed by atoms with Crippen molar-refractivity contribution < 1.29 is 38.1 Å². The van der Waals surface area contributed by atoms with Crippen molar-refractivity contribution in [2.45, 2.75) is 70.1 Å². The number of benzene rings is 4. The van der Waals surface area contributed by atoms with Gasteiger partial charge in [-0.3, -0.25) is 9.59 Å². The molecule has 4 aromatic carbocycles. The van der Waals surface area contributed by atoms with Crippen LogP contribution in [0.3, 0.4) is 0 Å². The molecule has 0 spiro atoms. The Hall–Kier alpha value is -6.08. The number of H-pyrrole nitrogens is 2. The fraction of sp³-hybridized carbons (Fsp3) is 0.412. The van der Waals surface area contributed by atoms with Gasteiger partial charge in [0.1, 0.15) is 49.3 Å². The number of rotatable bonds is 18. The second-order valence-electron chi connectivity index (χ2n) is 17.3. The first kappa shape index (κ1) is 49.3. The summed E-state index contributed by atoms with van der Waals surface area (Å²) in [5, 5.41) is 5.40. The van der Waals surface area contributed by atoms with Gasteiger partial charge in [-0.05, 0) is 126 Å². The Morgan fingerprint density at radius 2 is 1.20 bits per heavy atom. The third-order valence-corrected chi connectivity index (χ3v) is 14.2. The van der Waals surface area contributed by atoms with Gasteiger partial charge in [-0.25, -0.2) is 19.6 Å². The summed E-state index contributed by atoms with van der Waals surface area (Å²) in [7, 11) is 2.57. The van der Waals surface area contributed by atoms with Crippen molar-refractivity contribution in [3.05, 3.63) is 107 Å². The van der Waals surface area contributed by atoms with Gasteiger partial charge in [0.15, 0.2) is 0 Å². The average molecular weight is 977 g/mol. The highest BCUT2D eigenvalue weighted by molar-refractivity contribution is 7.98. The summed E-state index contributed by atoms with van der Waals surface area (Å²) < 4.78 is 21.2. The molecule has 0 bridgehead atoms. The average Bonchev–Trinajstić information content (AvgIpc) is 4.21. The Kier molecular flexibility index (Phi) is 16.1. The van der Waals surface area contributed by atoms with Crippen molar-refractivity contribution >= 4 is 69.6 Å². The van der Waals surface area contributed by atoms with Crippen molar-refractivity contribution in [3.8, 4) is 22.3 Å². The first-order chi connectivity index (χ1) is 33.5. The zero-order valence-corrected chi connectivity index (χ0v) is 41.5. The summed E-state index contributed by atoms with van der Waals surface area (Å²) in [5.74, 6) is 2.15. The van der Waals surface area contributed by atoms with Gasteiger partial charge in [0, 0.05) is 0 Å². The van der Waals surface area contributed by atoms with Crippen LogP contribution >= 0.6 is 23.5 Å². The molecule has 2 fully saturated rings. The molecule has 4 amide bonds. The Morgan fingerprint density at radius 1 is 0.696 bits per heavy atom. The molecule has 16 nitrogen and oxygen atoms in total. The lowest BCUT2D eigenvalue weighted by Crippen LogP contribution is -2.49. The number of ether oxygens (including phenoxy) is 4. The van der Waals surface area contributed by atoms with Crippen LogP contribution in [0.15, 0.2) is 72.8 Å². The van der Waals surface area contributed by atoms with Crippen LogP contribution in [0.4, 0.5) is 9.59 Å². The fourth-order valence-corrected chi connectivity index (χ4v) is 10.0. The van der Waals surface area contributed by atoms with Gasteiger partial charge in [-0.15, -0.1) is 0 Å². The third-order valence-electron chi connectivity index (χ3n) is 12.9. The number of nitrogens with zero attached hydrogens (tertiary/aromatic N) is 4. The molecule has 6 aromatic rings. The summed E-state index contributed by atoms with van der Waals surface area (Å²) >= 11 is 3.20. The minimum atomic E-state index is -0.750. The van der Waals surface area contributed by atoms with Crippen LogP contribution in [0.25, 0.3) is 44.3 Å². The van der Waals surface area contributed by atoms with E-state index in [0.29, 0.717) is 36.0 Å². The van der Waals surface area contributed by atoms with Crippen LogP contribution in [0, 0.1) is 6.92 Å². The quantitative estimate of drug-likeness (QED) is 0.0648. The maximum Gasteiger partial charge on any atom is 0.407 e. The van der Waals surface area contributed by atoms with E-state index in [1.165, 1.54) is 30.9 Å². The predicted octanol–water partition coefficient (Wildman–Crippen LogP) is 8.10. The van der Waals surface area contributed by atoms with E-state index in [1.807, 2.05) is 24.6 Å². The number of hydrogen-bond donors (Lipinski definition) is 4. The molecule has 364 valence electrons. The molecule has 18 heteroatoms. The molecular weight excluding hydrogens is 917 g/mol. The Morgan fingerprint density at radius 3 is 1.70 bits per heavy atom. The maximum absolute atomic E-state index is 13.8. The smallest absolute Gasteiger partial charge is 0.407 e. The molecule has 8 rings (SSSR count). The van der Waals surface area contributed by atoms with Gasteiger partial charge < -0.3 is 49.3 Å². The number of imidazole rings is 2. The van der Waals surface area contributed by atoms with Gasteiger partial charge in [-0.1, -0.05) is 61.0 Å². The number of carbonyl (C=O) groups is 4. The predicted molar refractivity (Wildman–Crippen MR) is 270 cm³/mol. The lowest BCUT2D eigenvalue weighted by atomic mass is 9.91. The molecule has 0 saturated carbocycles. The van der Waals surface area contributed by atoms with E-state index >= 15 is 0 Å². The van der Waals surface area contributed by atoms with E-state index in [9.17, 15) is 19.2 Å². The first-order valence-corrected chi connectivity index (χ1v) is 26.0. The highest BCUT2D eigenvalue weighted by Gasteiger charge is 2.39. The van der Waals surface area contributed by atoms with Crippen LogP contribution in [0.1, 0.15) is 65.8 Å². The Bertz CT molecular complexity index is 2820. The minimum Gasteiger partial charge on any atom is -0.453 e. The van der Waals surface area contributed by atoms with Crippen LogP contribution in [0.2, 0.25) is 0 Å². The van der Waals surface area contributed by atoms with E-state index in [-0.39, 0.29) is 38.5 Å². The number of alkyl carbamates (subject to hydrolysis) is 2. The van der Waals surface area contributed by atoms with E-state index in [0.717, 1.165) is 69.1 Å². The van der Waals surface area contributed by atoms with Crippen LogP contribution in [0.5, 0.6) is 0 Å². The highest BCUT2D eigenvalue weighted by Crippen LogP contribution is 2.34. The summed E-state index contributed by atoms with van der Waals surface area (Å²) in [4.78, 5) is 71.9. The molecule has 4 heterocycles. The topological polar surface area (TPSA) is 193 Å². The number of fused-ring (bicyclic) bond motifs is 2. The second kappa shape index (κ2) is 22.6. The number of aromatic amines is 2. The normalized spacial score (nSPS) is 16.8. The molecule has 69 heavy (non-hydrogen) atoms. The SMILES string of the molecule is CCc1ccc(CCc2ccc(C)cc2-c2ccc3[nH]c([C@@H]4COCN4C(=O)[C@H](CCSC)NC(=O)OC)nc3c2)cc1-c1ccc2[nH]c([C@@H]3COCN3C(=O)[C@H](CCSC)NC(=O)OC)nc2c1. The molecule has 2 aromatic heterocycles. The number of hydrogen-bond acceptors (Lipinski definition) is 12. The minimum absolute atomic E-state index is 0.0970. The van der Waals surface area contributed by atoms with E-state index in [4.69, 9.17) is 28.9 Å². The number of amides is 4. The van der Waals surface area contributed by atoms with Crippen molar-refractivity contribution in [2.24, 2.45) is 0 Å². The number of thioether (sulfide) groups is 2. The van der Waals surface area contributed by atoms with Crippen LogP contribution in [-0.4, -0.2) is 131 Å². The zero-order chi connectivity index (χ0) is 48.6. The molecule has 4 atom stereocenters. The summed E-state index contributed by atoms with van der Waals surface area (Å²) in [6.45, 7) is 5.03. The van der Waals surface area contributed by atoms with Gasteiger partial charge in [0.25, 0.3) is 0 Å². The Labute approximate surface area is 410 Å². The van der Waals surface area contributed by atoms with E-state index in [1.54, 1.807) is 33.3 Å². The largest absolute Gasteiger partial charge is 0.453 e. The molecule has 0 unspecified atom stereocenters. The van der Waals surface area contributed by atoms with Crippen molar-refractivity contribution in [2.75, 3.05) is 64.9 Å². The maximum atomic E-state index is 13.8. The summed E-state index contributed by atoms with van der Waals surface area (Å²) in [6.07, 6.45) is 6.02. The number of aryl methyl sites for hydroxylation is 4. The standard InChI is InChI=1S/C51H60N8O8S2/c1-7-32-12-9-31(23-37(32)35-15-17-39-43(25-35)55-47(53-39)45-27-67-29-59(45)49(61)41(19-21-69-6)57-51(63)65-4)10-13-33-11-8-30(2)22-36(33)34-14-16-38-42(24-34)54-46(52-38)44-26-66-28-58(44)48(60)40(18-20-68-5)56-50(62)64-3/h8-9,11-12,14-17,22-25,40-41,44-45H,7,10,13,18-21,26-29H2,1-6H3,(H,52,54)(H,53,55)(H,56,62)(H,57,63)/t40-,41-,44-,45-/m0/s1. The monoisotopic (exact) mass is 976 g/mol. The van der Waals surface area contributed by atoms with Crippen LogP contribution in [-0.2, 0) is 47.8 Å². The van der Waals surface area contributed by atoms with Gasteiger partial charge in [-0.2, -0.15) is 23.5 Å². The van der Waals surface area contributed by atoms with Gasteiger partial charge in [0.2, 0.25) is 11.8 Å². The number of aromatic nitrogens is 4. The number of carbonyl (C=O) groups excluding carboxylic acids is 4. The van der Waals surface area contributed by atoms with Crippen LogP contribution < -0.4 is 10.6 Å². The fourth-order valence-electron chi connectivity index (χ4n) is 9.08. The first-order valence-electron chi connectivity index (χ1n) is 23.2. The second-order valence-corrected chi connectivity index (χ2v) is 19.3. The summed E-state index contributed by atoms with van der Waals surface area (Å²) in [6, 6.07) is 23.5. The summed E-state index contributed by atoms with van der Waals surface area (Å²) in [5.41, 5.74) is 12.5. The molecule has 4 N–H and O–H groups in total. The lowest BCUT2D eigenvalue weighted by Gasteiger charge is -2.26. The van der Waals surface area contributed by atoms with E-state index < -0.39 is 36.4 Å². The van der Waals surface area contributed by atoms with Gasteiger partial charge >= 0.3 is 12.2 Å². The number of nitrogens with one attached hydrogen (secondary N) is 4. The highest BCUT2D eigenvalue weighted by atomic mass is 32.2. The zero-order valence-electron chi connectivity index (χ0n) is 39.9. The molecule has 2 saturated heterocycles. The lowest BCUT2D eigenvalue weighted by molar-refractivity contribution is -0.136. The van der Waals surface area contributed by atoms with Crippen molar-refractivity contribution in [1.82, 2.24) is 40.4 Å². The van der Waals surface area contributed by atoms with Crippen molar-refractivity contribution in [3.63, 3.8) is 0 Å². The number of methoxy groups -OCH3 is 2. The Balaban J connectivity index is 0.995. The molecule has 0 radical (unpaired) electrons. The molecule has 2 aliphatic rings. The van der Waals surface area contributed by atoms with E-state index in [2.05, 4.69) is 95.1 Å². The molecular formula is C51H60N8O8S2.